The molecule has 0 spiro atoms. The minimum Gasteiger partial charge on any atom is -0.462 e. The Morgan fingerprint density at radius 1 is 1.50 bits per heavy atom. The first-order valence-electron chi connectivity index (χ1n) is 3.70. The first kappa shape index (κ1) is 9.13. The fourth-order valence-electron chi connectivity index (χ4n) is 0.855. The molecule has 0 N–H and O–H groups in total. The predicted octanol–water partition coefficient (Wildman–Crippen LogP) is 2.15. The third-order valence-electron chi connectivity index (χ3n) is 1.40. The highest BCUT2D eigenvalue weighted by atomic mass is 32.1. The third-order valence-corrected chi connectivity index (χ3v) is 1.79. The van der Waals surface area contributed by atoms with E-state index in [1.54, 1.807) is 25.1 Å². The van der Waals surface area contributed by atoms with Gasteiger partial charge in [-0.2, -0.15) is 0 Å². The number of carbonyl (C=O) groups excluding carboxylic acids is 1. The summed E-state index contributed by atoms with van der Waals surface area (Å²) >= 11 is 4.13. The van der Waals surface area contributed by atoms with E-state index < -0.39 is 0 Å². The van der Waals surface area contributed by atoms with Crippen LogP contribution in [0, 0.1) is 0 Å². The molecule has 2 nitrogen and oxygen atoms in total. The van der Waals surface area contributed by atoms with Crippen LogP contribution in [0.5, 0.6) is 0 Å². The van der Waals surface area contributed by atoms with Crippen molar-refractivity contribution in [2.75, 3.05) is 6.61 Å². The van der Waals surface area contributed by atoms with E-state index in [2.05, 4.69) is 12.6 Å². The van der Waals surface area contributed by atoms with E-state index in [4.69, 9.17) is 4.74 Å². The van der Waals surface area contributed by atoms with Crippen LogP contribution in [0.25, 0.3) is 0 Å². The Hall–Kier alpha value is -0.960. The van der Waals surface area contributed by atoms with Crippen molar-refractivity contribution in [2.24, 2.45) is 0 Å². The van der Waals surface area contributed by atoms with Crippen molar-refractivity contribution in [3.05, 3.63) is 29.8 Å². The van der Waals surface area contributed by atoms with E-state index in [0.29, 0.717) is 17.1 Å². The molecular weight excluding hydrogens is 172 g/mol. The van der Waals surface area contributed by atoms with Crippen molar-refractivity contribution in [3.63, 3.8) is 0 Å². The minimum absolute atomic E-state index is 0.317. The van der Waals surface area contributed by atoms with Gasteiger partial charge in [-0.15, -0.1) is 12.6 Å². The quantitative estimate of drug-likeness (QED) is 0.560. The highest BCUT2D eigenvalue weighted by Crippen LogP contribution is 2.13. The summed E-state index contributed by atoms with van der Waals surface area (Å²) in [6.07, 6.45) is 0. The van der Waals surface area contributed by atoms with Gasteiger partial charge in [0.15, 0.2) is 0 Å². The lowest BCUT2D eigenvalue weighted by Crippen LogP contribution is -2.05. The lowest BCUT2D eigenvalue weighted by molar-refractivity contribution is 0.0522. The number of ether oxygens (including phenoxy) is 1. The van der Waals surface area contributed by atoms with Gasteiger partial charge in [0.2, 0.25) is 0 Å². The molecule has 1 rings (SSSR count). The monoisotopic (exact) mass is 182 g/mol. The van der Waals surface area contributed by atoms with Gasteiger partial charge < -0.3 is 4.74 Å². The van der Waals surface area contributed by atoms with Crippen molar-refractivity contribution >= 4 is 18.6 Å². The minimum atomic E-state index is -0.317. The summed E-state index contributed by atoms with van der Waals surface area (Å²) in [5.41, 5.74) is 0.516. The summed E-state index contributed by atoms with van der Waals surface area (Å²) in [7, 11) is 0. The van der Waals surface area contributed by atoms with E-state index >= 15 is 0 Å². The molecule has 12 heavy (non-hydrogen) atoms. The molecule has 0 bridgehead atoms. The fraction of sp³-hybridized carbons (Fsp3) is 0.222. The zero-order valence-corrected chi connectivity index (χ0v) is 7.67. The fourth-order valence-corrected chi connectivity index (χ4v) is 1.11. The SMILES string of the molecule is CCOC(=O)c1ccccc1S. The van der Waals surface area contributed by atoms with E-state index in [-0.39, 0.29) is 5.97 Å². The van der Waals surface area contributed by atoms with Gasteiger partial charge in [0, 0.05) is 4.90 Å². The van der Waals surface area contributed by atoms with Crippen LogP contribution >= 0.6 is 12.6 Å². The molecule has 0 heterocycles. The van der Waals surface area contributed by atoms with Crippen molar-refractivity contribution in [1.29, 1.82) is 0 Å². The molecule has 0 atom stereocenters. The Bertz CT molecular complexity index is 284. The third kappa shape index (κ3) is 2.01. The maximum absolute atomic E-state index is 11.2. The molecule has 0 aliphatic carbocycles. The number of thiol groups is 1. The molecule has 0 radical (unpaired) electrons. The number of benzene rings is 1. The van der Waals surface area contributed by atoms with Crippen molar-refractivity contribution in [1.82, 2.24) is 0 Å². The summed E-state index contributed by atoms with van der Waals surface area (Å²) in [6, 6.07) is 7.06. The summed E-state index contributed by atoms with van der Waals surface area (Å²) in [5.74, 6) is -0.317. The van der Waals surface area contributed by atoms with Gasteiger partial charge in [-0.25, -0.2) is 4.79 Å². The van der Waals surface area contributed by atoms with Crippen molar-refractivity contribution in [2.45, 2.75) is 11.8 Å². The highest BCUT2D eigenvalue weighted by Gasteiger charge is 2.08. The molecule has 0 fully saturated rings. The van der Waals surface area contributed by atoms with Crippen molar-refractivity contribution < 1.29 is 9.53 Å². The van der Waals surface area contributed by atoms with E-state index in [1.807, 2.05) is 6.07 Å². The number of esters is 1. The second-order valence-electron chi connectivity index (χ2n) is 2.24. The molecule has 3 heteroatoms. The van der Waals surface area contributed by atoms with E-state index in [1.165, 1.54) is 0 Å². The van der Waals surface area contributed by atoms with Gasteiger partial charge in [0.05, 0.1) is 12.2 Å². The number of hydrogen-bond donors (Lipinski definition) is 1. The summed E-state index contributed by atoms with van der Waals surface area (Å²) in [6.45, 7) is 2.17. The summed E-state index contributed by atoms with van der Waals surface area (Å²) < 4.78 is 4.82. The Kier molecular flexibility index (Phi) is 3.17. The van der Waals surface area contributed by atoms with Crippen LogP contribution in [0.1, 0.15) is 17.3 Å². The Labute approximate surface area is 77.0 Å². The average molecular weight is 182 g/mol. The predicted molar refractivity (Wildman–Crippen MR) is 49.7 cm³/mol. The first-order chi connectivity index (χ1) is 5.75. The van der Waals surface area contributed by atoms with Crippen LogP contribution in [0.2, 0.25) is 0 Å². The number of hydrogen-bond acceptors (Lipinski definition) is 3. The molecule has 0 saturated carbocycles. The van der Waals surface area contributed by atoms with Gasteiger partial charge >= 0.3 is 5.97 Å². The Balaban J connectivity index is 2.87. The number of carbonyl (C=O) groups is 1. The number of rotatable bonds is 2. The zero-order valence-electron chi connectivity index (χ0n) is 6.78. The molecule has 0 unspecified atom stereocenters. The van der Waals surface area contributed by atoms with Gasteiger partial charge in [-0.05, 0) is 19.1 Å². The standard InChI is InChI=1S/C9H10O2S/c1-2-11-9(10)7-5-3-4-6-8(7)12/h3-6,12H,2H2,1H3. The molecule has 1 aromatic rings. The normalized spacial score (nSPS) is 9.50. The van der Waals surface area contributed by atoms with Crippen LogP contribution in [0.4, 0.5) is 0 Å². The van der Waals surface area contributed by atoms with Crippen LogP contribution in [0.15, 0.2) is 29.2 Å². The Morgan fingerprint density at radius 3 is 2.75 bits per heavy atom. The van der Waals surface area contributed by atoms with Crippen LogP contribution in [-0.2, 0) is 4.74 Å². The molecule has 0 aliphatic rings. The molecule has 0 amide bonds. The lowest BCUT2D eigenvalue weighted by Gasteiger charge is -2.02. The molecule has 0 aliphatic heterocycles. The maximum Gasteiger partial charge on any atom is 0.339 e. The van der Waals surface area contributed by atoms with Crippen molar-refractivity contribution in [3.8, 4) is 0 Å². The molecule has 1 aromatic carbocycles. The van der Waals surface area contributed by atoms with Gasteiger partial charge in [-0.1, -0.05) is 12.1 Å². The van der Waals surface area contributed by atoms with E-state index in [0.717, 1.165) is 0 Å². The smallest absolute Gasteiger partial charge is 0.339 e. The second kappa shape index (κ2) is 4.16. The first-order valence-corrected chi connectivity index (χ1v) is 4.15. The van der Waals surface area contributed by atoms with Crippen LogP contribution < -0.4 is 0 Å². The summed E-state index contributed by atoms with van der Waals surface area (Å²) in [5, 5.41) is 0. The van der Waals surface area contributed by atoms with E-state index in [9.17, 15) is 4.79 Å². The van der Waals surface area contributed by atoms with Gasteiger partial charge in [0.25, 0.3) is 0 Å². The zero-order chi connectivity index (χ0) is 8.97. The van der Waals surface area contributed by atoms with Crippen LogP contribution in [-0.4, -0.2) is 12.6 Å². The lowest BCUT2D eigenvalue weighted by atomic mass is 10.2. The topological polar surface area (TPSA) is 26.3 Å². The largest absolute Gasteiger partial charge is 0.462 e. The van der Waals surface area contributed by atoms with Crippen LogP contribution in [0.3, 0.4) is 0 Å². The van der Waals surface area contributed by atoms with Gasteiger partial charge in [-0.3, -0.25) is 0 Å². The molecular formula is C9H10O2S. The highest BCUT2D eigenvalue weighted by molar-refractivity contribution is 7.80. The molecule has 64 valence electrons. The Morgan fingerprint density at radius 2 is 2.17 bits per heavy atom. The molecule has 0 saturated heterocycles. The second-order valence-corrected chi connectivity index (χ2v) is 2.72. The average Bonchev–Trinajstić information content (AvgIpc) is 2.05. The maximum atomic E-state index is 11.2. The molecule has 0 aromatic heterocycles. The summed E-state index contributed by atoms with van der Waals surface area (Å²) in [4.78, 5) is 11.8. The van der Waals surface area contributed by atoms with Gasteiger partial charge in [0.1, 0.15) is 0 Å².